The van der Waals surface area contributed by atoms with Gasteiger partial charge in [0.25, 0.3) is 0 Å². The number of rotatable bonds is 9. The Morgan fingerprint density at radius 3 is 2.55 bits per heavy atom. The maximum absolute atomic E-state index is 5.88. The number of halogens is 1. The Morgan fingerprint density at radius 1 is 1.20 bits per heavy atom. The van der Waals surface area contributed by atoms with Crippen LogP contribution in [0.5, 0.6) is 11.5 Å². The van der Waals surface area contributed by atoms with E-state index in [2.05, 4.69) is 20.8 Å². The Hall–Kier alpha value is -0.740. The number of para-hydroxylation sites is 2. The van der Waals surface area contributed by atoms with Crippen LogP contribution in [0.15, 0.2) is 24.3 Å². The second kappa shape index (κ2) is 8.53. The van der Waals surface area contributed by atoms with Crippen LogP contribution < -0.4 is 9.47 Å². The van der Waals surface area contributed by atoms with Crippen molar-refractivity contribution in [3.63, 3.8) is 0 Å². The van der Waals surface area contributed by atoms with Crippen LogP contribution in [0.4, 0.5) is 0 Å². The topological polar surface area (TPSA) is 21.7 Å². The van der Waals surface area contributed by atoms with Crippen molar-refractivity contribution in [3.05, 3.63) is 24.3 Å². The van der Waals surface area contributed by atoms with Crippen molar-refractivity contribution in [1.29, 1.82) is 0 Å². The molecular weight excluding hydrogens is 318 g/mol. The van der Waals surface area contributed by atoms with Gasteiger partial charge in [0.1, 0.15) is 6.61 Å². The van der Waals surface area contributed by atoms with E-state index >= 15 is 0 Å². The standard InChI is InChI=1S/C16H24BrNO2/c1-19-15-8-2-3-9-16(15)20-13-12-18(11-5-10-17)14-6-4-7-14/h2-3,8-9,14H,4-7,10-13H2,1H3. The van der Waals surface area contributed by atoms with Gasteiger partial charge >= 0.3 is 0 Å². The van der Waals surface area contributed by atoms with Gasteiger partial charge in [0.15, 0.2) is 11.5 Å². The maximum Gasteiger partial charge on any atom is 0.161 e. The third-order valence-corrected chi connectivity index (χ3v) is 4.44. The van der Waals surface area contributed by atoms with Gasteiger partial charge in [-0.25, -0.2) is 0 Å². The summed E-state index contributed by atoms with van der Waals surface area (Å²) >= 11 is 3.52. The molecule has 1 saturated carbocycles. The minimum atomic E-state index is 0.721. The molecule has 0 aromatic heterocycles. The molecule has 1 aliphatic carbocycles. The van der Waals surface area contributed by atoms with Crippen molar-refractivity contribution in [2.75, 3.05) is 32.1 Å². The minimum Gasteiger partial charge on any atom is -0.493 e. The lowest BCUT2D eigenvalue weighted by molar-refractivity contribution is 0.106. The third-order valence-electron chi connectivity index (χ3n) is 3.88. The maximum atomic E-state index is 5.88. The van der Waals surface area contributed by atoms with Gasteiger partial charge in [-0.05, 0) is 37.9 Å². The van der Waals surface area contributed by atoms with E-state index in [0.717, 1.165) is 42.6 Å². The number of hydrogen-bond acceptors (Lipinski definition) is 3. The lowest BCUT2D eigenvalue weighted by atomic mass is 9.91. The zero-order valence-corrected chi connectivity index (χ0v) is 13.8. The molecule has 0 saturated heterocycles. The summed E-state index contributed by atoms with van der Waals surface area (Å²) in [4.78, 5) is 2.57. The second-order valence-electron chi connectivity index (χ2n) is 5.16. The highest BCUT2D eigenvalue weighted by molar-refractivity contribution is 9.09. The molecule has 1 aromatic carbocycles. The first kappa shape index (κ1) is 15.6. The third kappa shape index (κ3) is 4.38. The highest BCUT2D eigenvalue weighted by Crippen LogP contribution is 2.27. The van der Waals surface area contributed by atoms with E-state index in [1.165, 1.54) is 25.7 Å². The number of ether oxygens (including phenoxy) is 2. The van der Waals surface area contributed by atoms with Crippen molar-refractivity contribution < 1.29 is 9.47 Å². The van der Waals surface area contributed by atoms with E-state index in [1.54, 1.807) is 7.11 Å². The SMILES string of the molecule is COc1ccccc1OCCN(CCCBr)C1CCC1. The molecular formula is C16H24BrNO2. The predicted molar refractivity (Wildman–Crippen MR) is 86.1 cm³/mol. The molecule has 4 heteroatoms. The second-order valence-corrected chi connectivity index (χ2v) is 5.96. The summed E-state index contributed by atoms with van der Waals surface area (Å²) in [5, 5.41) is 1.07. The number of methoxy groups -OCH3 is 1. The van der Waals surface area contributed by atoms with Gasteiger partial charge in [0, 0.05) is 17.9 Å². The van der Waals surface area contributed by atoms with Gasteiger partial charge in [0.2, 0.25) is 0 Å². The highest BCUT2D eigenvalue weighted by atomic mass is 79.9. The number of hydrogen-bond donors (Lipinski definition) is 0. The quantitative estimate of drug-likeness (QED) is 0.639. The van der Waals surface area contributed by atoms with Crippen molar-refractivity contribution in [1.82, 2.24) is 4.90 Å². The first-order chi connectivity index (χ1) is 9.85. The number of nitrogens with zero attached hydrogens (tertiary/aromatic N) is 1. The van der Waals surface area contributed by atoms with Gasteiger partial charge in [-0.1, -0.05) is 34.5 Å². The Balaban J connectivity index is 1.79. The summed E-state index contributed by atoms with van der Waals surface area (Å²) in [7, 11) is 1.68. The average molecular weight is 342 g/mol. The van der Waals surface area contributed by atoms with Crippen LogP contribution in [0, 0.1) is 0 Å². The summed E-state index contributed by atoms with van der Waals surface area (Å²) in [6.45, 7) is 2.88. The average Bonchev–Trinajstić information content (AvgIpc) is 2.43. The number of alkyl halides is 1. The molecule has 0 amide bonds. The molecule has 0 aliphatic heterocycles. The molecule has 1 aromatic rings. The summed E-state index contributed by atoms with van der Waals surface area (Å²) in [5.74, 6) is 1.65. The Bertz CT molecular complexity index is 396. The van der Waals surface area contributed by atoms with Crippen LogP contribution >= 0.6 is 15.9 Å². The zero-order chi connectivity index (χ0) is 14.2. The summed E-state index contributed by atoms with van der Waals surface area (Å²) in [5.41, 5.74) is 0. The molecule has 1 aliphatic rings. The van der Waals surface area contributed by atoms with Crippen molar-refractivity contribution in [2.24, 2.45) is 0 Å². The van der Waals surface area contributed by atoms with E-state index < -0.39 is 0 Å². The fraction of sp³-hybridized carbons (Fsp3) is 0.625. The van der Waals surface area contributed by atoms with E-state index in [9.17, 15) is 0 Å². The Morgan fingerprint density at radius 2 is 1.95 bits per heavy atom. The fourth-order valence-electron chi connectivity index (χ4n) is 2.50. The van der Waals surface area contributed by atoms with Crippen molar-refractivity contribution in [3.8, 4) is 11.5 Å². The molecule has 3 nitrogen and oxygen atoms in total. The first-order valence-corrected chi connectivity index (χ1v) is 8.53. The molecule has 0 heterocycles. The predicted octanol–water partition coefficient (Wildman–Crippen LogP) is 3.71. The van der Waals surface area contributed by atoms with Gasteiger partial charge in [-0.2, -0.15) is 0 Å². The normalized spacial score (nSPS) is 15.2. The minimum absolute atomic E-state index is 0.721. The molecule has 0 unspecified atom stereocenters. The van der Waals surface area contributed by atoms with E-state index in [0.29, 0.717) is 0 Å². The zero-order valence-electron chi connectivity index (χ0n) is 12.2. The fourth-order valence-corrected chi connectivity index (χ4v) is 2.75. The summed E-state index contributed by atoms with van der Waals surface area (Å²) < 4.78 is 11.2. The van der Waals surface area contributed by atoms with Crippen LogP contribution in [0.3, 0.4) is 0 Å². The van der Waals surface area contributed by atoms with Gasteiger partial charge in [0.05, 0.1) is 7.11 Å². The van der Waals surface area contributed by atoms with Gasteiger partial charge in [-0.3, -0.25) is 4.90 Å². The van der Waals surface area contributed by atoms with Crippen LogP contribution in [-0.4, -0.2) is 43.1 Å². The van der Waals surface area contributed by atoms with Crippen molar-refractivity contribution in [2.45, 2.75) is 31.7 Å². The molecule has 0 radical (unpaired) electrons. The first-order valence-electron chi connectivity index (χ1n) is 7.41. The summed E-state index contributed by atoms with van der Waals surface area (Å²) in [6, 6.07) is 8.61. The molecule has 2 rings (SSSR count). The Labute approximate surface area is 130 Å². The van der Waals surface area contributed by atoms with Gasteiger partial charge < -0.3 is 9.47 Å². The van der Waals surface area contributed by atoms with Crippen LogP contribution in [0.25, 0.3) is 0 Å². The van der Waals surface area contributed by atoms with E-state index in [-0.39, 0.29) is 0 Å². The molecule has 0 bridgehead atoms. The molecule has 0 spiro atoms. The highest BCUT2D eigenvalue weighted by Gasteiger charge is 2.24. The van der Waals surface area contributed by atoms with E-state index in [1.807, 2.05) is 24.3 Å². The monoisotopic (exact) mass is 341 g/mol. The van der Waals surface area contributed by atoms with Crippen LogP contribution in [0.1, 0.15) is 25.7 Å². The van der Waals surface area contributed by atoms with Crippen LogP contribution in [0.2, 0.25) is 0 Å². The lowest BCUT2D eigenvalue weighted by Crippen LogP contribution is -2.43. The summed E-state index contributed by atoms with van der Waals surface area (Å²) in [6.07, 6.45) is 5.27. The van der Waals surface area contributed by atoms with E-state index in [4.69, 9.17) is 9.47 Å². The molecule has 20 heavy (non-hydrogen) atoms. The number of benzene rings is 1. The Kier molecular flexibility index (Phi) is 6.67. The molecule has 0 atom stereocenters. The largest absolute Gasteiger partial charge is 0.493 e. The van der Waals surface area contributed by atoms with Gasteiger partial charge in [-0.15, -0.1) is 0 Å². The molecule has 1 fully saturated rings. The molecule has 112 valence electrons. The smallest absolute Gasteiger partial charge is 0.161 e. The van der Waals surface area contributed by atoms with Crippen LogP contribution in [-0.2, 0) is 0 Å². The lowest BCUT2D eigenvalue weighted by Gasteiger charge is -2.37. The molecule has 0 N–H and O–H groups in total. The van der Waals surface area contributed by atoms with Crippen molar-refractivity contribution >= 4 is 15.9 Å².